The number of nitrogens with zero attached hydrogens (tertiary/aromatic N) is 1. The molecule has 2 saturated heterocycles. The second-order valence-corrected chi connectivity index (χ2v) is 21.7. The van der Waals surface area contributed by atoms with E-state index in [1.807, 2.05) is 58.1 Å². The summed E-state index contributed by atoms with van der Waals surface area (Å²) in [7, 11) is 6.27. The summed E-state index contributed by atoms with van der Waals surface area (Å²) in [4.78, 5) is 72.9. The van der Waals surface area contributed by atoms with Gasteiger partial charge in [-0.15, -0.1) is 0 Å². The van der Waals surface area contributed by atoms with Crippen LogP contribution in [0.5, 0.6) is 0 Å². The molecule has 3 aliphatic heterocycles. The van der Waals surface area contributed by atoms with Gasteiger partial charge < -0.3 is 57.7 Å². The number of carbonyl (C=O) groups excluding carboxylic acids is 5. The first-order chi connectivity index (χ1) is 35.8. The van der Waals surface area contributed by atoms with Crippen LogP contribution in [0.15, 0.2) is 47.6 Å². The molecule has 17 nitrogen and oxygen atoms in total. The summed E-state index contributed by atoms with van der Waals surface area (Å²) in [5, 5.41) is 23.7. The number of carbonyl (C=O) groups is 5. The van der Waals surface area contributed by atoms with Crippen LogP contribution in [0.3, 0.4) is 0 Å². The molecule has 0 unspecified atom stereocenters. The van der Waals surface area contributed by atoms with Gasteiger partial charge in [0, 0.05) is 65.6 Å². The van der Waals surface area contributed by atoms with E-state index >= 15 is 0 Å². The number of hydrogen-bond donors (Lipinski definition) is 2. The molecule has 1 saturated carbocycles. The Morgan fingerprint density at radius 3 is 2.19 bits per heavy atom. The molecular weight excluding hydrogens is 967 g/mol. The van der Waals surface area contributed by atoms with Crippen LogP contribution in [0.4, 0.5) is 0 Å². The molecule has 0 aromatic carbocycles. The minimum Gasteiger partial charge on any atom is -0.460 e. The lowest BCUT2D eigenvalue weighted by molar-refractivity contribution is -0.266. The number of esters is 1. The fourth-order valence-electron chi connectivity index (χ4n) is 11.0. The van der Waals surface area contributed by atoms with E-state index in [-0.39, 0.29) is 73.9 Å². The summed E-state index contributed by atoms with van der Waals surface area (Å²) in [5.74, 6) is -8.06. The van der Waals surface area contributed by atoms with Gasteiger partial charge in [-0.2, -0.15) is 0 Å². The van der Waals surface area contributed by atoms with Crippen molar-refractivity contribution >= 4 is 29.2 Å². The Kier molecular flexibility index (Phi) is 27.7. The Bertz CT molecular complexity index is 1930. The summed E-state index contributed by atoms with van der Waals surface area (Å²) < 4.78 is 52.5. The third-order valence-corrected chi connectivity index (χ3v) is 15.8. The van der Waals surface area contributed by atoms with Crippen LogP contribution in [0.2, 0.25) is 0 Å². The van der Waals surface area contributed by atoms with Crippen LogP contribution >= 0.6 is 0 Å². The predicted octanol–water partition coefficient (Wildman–Crippen LogP) is 6.88. The second kappa shape index (κ2) is 32.4. The van der Waals surface area contributed by atoms with Crippen LogP contribution < -0.4 is 0 Å². The van der Waals surface area contributed by atoms with E-state index in [2.05, 4.69) is 0 Å². The van der Waals surface area contributed by atoms with Crippen molar-refractivity contribution in [2.45, 2.75) is 180 Å². The molecular formula is C58H93NO16. The molecule has 17 heteroatoms. The summed E-state index contributed by atoms with van der Waals surface area (Å²) in [5.41, 5.74) is 1.24. The molecule has 2 bridgehead atoms. The first kappa shape index (κ1) is 64.0. The highest BCUT2D eigenvalue weighted by Crippen LogP contribution is 2.38. The van der Waals surface area contributed by atoms with Crippen molar-refractivity contribution in [2.24, 2.45) is 35.5 Å². The number of fused-ring (bicyclic) bond motifs is 3. The van der Waals surface area contributed by atoms with E-state index in [1.54, 1.807) is 48.2 Å². The fourth-order valence-corrected chi connectivity index (χ4v) is 11.0. The van der Waals surface area contributed by atoms with Crippen molar-refractivity contribution in [3.05, 3.63) is 47.6 Å². The van der Waals surface area contributed by atoms with Gasteiger partial charge in [0.15, 0.2) is 5.78 Å². The molecule has 1 aliphatic carbocycles. The lowest BCUT2D eigenvalue weighted by Crippen LogP contribution is -2.61. The lowest BCUT2D eigenvalue weighted by atomic mass is 9.78. The first-order valence-corrected chi connectivity index (χ1v) is 27.5. The number of methoxy groups -OCH3 is 4. The zero-order chi connectivity index (χ0) is 55.2. The molecule has 4 rings (SSSR count). The molecule has 15 atom stereocenters. The smallest absolute Gasteiger partial charge is 0.329 e. The minimum absolute atomic E-state index is 0.00579. The Labute approximate surface area is 447 Å². The number of piperidine rings is 1. The zero-order valence-corrected chi connectivity index (χ0v) is 47.0. The topological polar surface area (TPSA) is 212 Å². The maximum atomic E-state index is 14.6. The van der Waals surface area contributed by atoms with E-state index in [1.165, 1.54) is 12.0 Å². The Morgan fingerprint density at radius 1 is 0.773 bits per heavy atom. The molecule has 2 N–H and O–H groups in total. The van der Waals surface area contributed by atoms with Gasteiger partial charge in [0.05, 0.1) is 64.1 Å². The van der Waals surface area contributed by atoms with Crippen LogP contribution in [0, 0.1) is 35.5 Å². The molecule has 0 spiro atoms. The number of allylic oxidation sites excluding steroid dienone is 6. The number of ether oxygens (including phenoxy) is 9. The third-order valence-electron chi connectivity index (χ3n) is 15.8. The molecule has 3 fully saturated rings. The average Bonchev–Trinajstić information content (AvgIpc) is 3.39. The Balaban J connectivity index is 1.70. The third kappa shape index (κ3) is 19.1. The molecule has 0 aromatic heterocycles. The van der Waals surface area contributed by atoms with E-state index in [0.717, 1.165) is 18.4 Å². The largest absolute Gasteiger partial charge is 0.460 e. The van der Waals surface area contributed by atoms with Crippen molar-refractivity contribution in [3.8, 4) is 0 Å². The van der Waals surface area contributed by atoms with Gasteiger partial charge >= 0.3 is 5.97 Å². The molecule has 3 heterocycles. The van der Waals surface area contributed by atoms with E-state index in [0.29, 0.717) is 83.6 Å². The minimum atomic E-state index is -2.47. The number of Topliss-reactive ketones (excluding diaryl/α,β-unsaturated/α-hetero) is 3. The highest BCUT2D eigenvalue weighted by atomic mass is 16.6. The van der Waals surface area contributed by atoms with E-state index in [4.69, 9.17) is 42.6 Å². The maximum absolute atomic E-state index is 14.6. The van der Waals surface area contributed by atoms with Gasteiger partial charge in [-0.25, -0.2) is 4.79 Å². The van der Waals surface area contributed by atoms with Gasteiger partial charge in [0.1, 0.15) is 30.1 Å². The van der Waals surface area contributed by atoms with Crippen LogP contribution in [0.25, 0.3) is 0 Å². The molecule has 4 aliphatic rings. The summed E-state index contributed by atoms with van der Waals surface area (Å²) in [6.45, 7) is 15.1. The lowest BCUT2D eigenvalue weighted by Gasteiger charge is -2.43. The molecule has 426 valence electrons. The Morgan fingerprint density at radius 2 is 1.48 bits per heavy atom. The van der Waals surface area contributed by atoms with Crippen molar-refractivity contribution < 1.29 is 76.8 Å². The summed E-state index contributed by atoms with van der Waals surface area (Å²) in [6, 6.07) is -1.16. The number of aliphatic hydroxyl groups is 2. The van der Waals surface area contributed by atoms with Gasteiger partial charge in [0.25, 0.3) is 11.7 Å². The zero-order valence-electron chi connectivity index (χ0n) is 47.0. The number of rotatable bonds is 16. The van der Waals surface area contributed by atoms with Gasteiger partial charge in [-0.3, -0.25) is 19.2 Å². The SMILES string of the molecule is COCCOCCO[C@H]1C[C@@H]2CC[C@@H](C)[C@@](O)(O2)C(=O)C(=O)N2CCCC[C@H]2C(=O)O[C@H]([C@H](C)C[C@@H]2CC[C@@H](OCCOC)[C@H](OC)C2)CC(=O)[C@H](C)/C=C(\C)[C@@H](O)[C@@H](OC)C(=O)[C@H](C)C[C@H](C)/C=C/C=C/C=C/1C. The molecule has 0 aromatic rings. The average molecular weight is 1060 g/mol. The number of hydrogen-bond acceptors (Lipinski definition) is 16. The predicted molar refractivity (Wildman–Crippen MR) is 282 cm³/mol. The summed E-state index contributed by atoms with van der Waals surface area (Å²) in [6.07, 6.45) is 12.0. The van der Waals surface area contributed by atoms with Crippen molar-refractivity contribution in [1.82, 2.24) is 4.90 Å². The first-order valence-electron chi connectivity index (χ1n) is 27.5. The Hall–Kier alpha value is -3.49. The van der Waals surface area contributed by atoms with E-state index in [9.17, 15) is 34.2 Å². The summed E-state index contributed by atoms with van der Waals surface area (Å²) >= 11 is 0. The fraction of sp³-hybridized carbons (Fsp3) is 0.776. The second-order valence-electron chi connectivity index (χ2n) is 21.7. The van der Waals surface area contributed by atoms with Gasteiger partial charge in [0.2, 0.25) is 5.79 Å². The monoisotopic (exact) mass is 1060 g/mol. The van der Waals surface area contributed by atoms with Crippen molar-refractivity contribution in [1.29, 1.82) is 0 Å². The number of cyclic esters (lactones) is 1. The van der Waals surface area contributed by atoms with Crippen molar-refractivity contribution in [2.75, 3.05) is 74.6 Å². The van der Waals surface area contributed by atoms with Crippen molar-refractivity contribution in [3.63, 3.8) is 0 Å². The van der Waals surface area contributed by atoms with E-state index < -0.39 is 77.8 Å². The quantitative estimate of drug-likeness (QED) is 0.0698. The van der Waals surface area contributed by atoms with Crippen LogP contribution in [0.1, 0.15) is 126 Å². The highest BCUT2D eigenvalue weighted by Gasteiger charge is 2.53. The number of ketones is 3. The normalized spacial score (nSPS) is 36.6. The van der Waals surface area contributed by atoms with Crippen LogP contribution in [-0.4, -0.2) is 174 Å². The van der Waals surface area contributed by atoms with Gasteiger partial charge in [-0.05, 0) is 107 Å². The highest BCUT2D eigenvalue weighted by molar-refractivity contribution is 6.39. The number of aliphatic hydroxyl groups excluding tert-OH is 1. The molecule has 75 heavy (non-hydrogen) atoms. The number of amides is 1. The molecule has 0 radical (unpaired) electrons. The van der Waals surface area contributed by atoms with Crippen LogP contribution in [-0.2, 0) is 66.6 Å². The standard InChI is InChI=1S/C58H93NO16/c1-37-17-13-12-14-18-38(2)49(73-30-28-71-27-25-67-8)35-45-22-20-43(7)58(66,75-45)55(63)56(64)59-24-16-15-19-46(59)57(65)74-50(40(4)33-44-21-23-48(51(34-44)69-10)72-29-26-68-9)36-47(60)39(3)32-42(6)53(62)54(70-11)52(61)41(5)31-37/h12-14,17-18,32,37,39-41,43-46,48-51,53-54,62,66H,15-16,19-31,33-36H2,1-11H3/b14-12+,17-13+,38-18+,42-32+/t37-,39-,40-,41-,43-,44+,45+,46+,48-,49+,50+,51-,53-,54+,58-/m1/s1. The van der Waals surface area contributed by atoms with Gasteiger partial charge in [-0.1, -0.05) is 71.1 Å². The maximum Gasteiger partial charge on any atom is 0.329 e. The molecule has 1 amide bonds.